The summed E-state index contributed by atoms with van der Waals surface area (Å²) >= 11 is 5.63. The number of alkyl halides is 1. The molecule has 0 atom stereocenters. The zero-order chi connectivity index (χ0) is 15.1. The number of hydrogen-bond acceptors (Lipinski definition) is 2. The molecule has 1 aliphatic rings. The largest absolute Gasteiger partial charge is 0.372 e. The maximum atomic E-state index is 11.9. The fourth-order valence-electron chi connectivity index (χ4n) is 2.74. The molecule has 1 aromatic carbocycles. The lowest BCUT2D eigenvalue weighted by molar-refractivity contribution is -0.130. The van der Waals surface area contributed by atoms with E-state index >= 15 is 0 Å². The summed E-state index contributed by atoms with van der Waals surface area (Å²) in [6.07, 6.45) is 5.22. The van der Waals surface area contributed by atoms with Gasteiger partial charge in [-0.15, -0.1) is 11.6 Å². The van der Waals surface area contributed by atoms with E-state index < -0.39 is 0 Å². The first-order chi connectivity index (χ1) is 10.2. The van der Waals surface area contributed by atoms with Gasteiger partial charge in [0.25, 0.3) is 0 Å². The summed E-state index contributed by atoms with van der Waals surface area (Å²) in [5, 5.41) is 0. The number of nitrogens with zero attached hydrogens (tertiary/aromatic N) is 2. The summed E-state index contributed by atoms with van der Waals surface area (Å²) in [6, 6.07) is 8.63. The van der Waals surface area contributed by atoms with E-state index in [9.17, 15) is 4.79 Å². The topological polar surface area (TPSA) is 23.6 Å². The van der Waals surface area contributed by atoms with E-state index in [2.05, 4.69) is 29.2 Å². The number of piperidine rings is 1. The van der Waals surface area contributed by atoms with Crippen LogP contribution in [0.3, 0.4) is 0 Å². The summed E-state index contributed by atoms with van der Waals surface area (Å²) in [5.74, 6) is 0.708. The Hall–Kier alpha value is -1.22. The van der Waals surface area contributed by atoms with Crippen LogP contribution in [0, 0.1) is 0 Å². The number of halogens is 1. The van der Waals surface area contributed by atoms with E-state index in [0.29, 0.717) is 18.8 Å². The molecular weight excluding hydrogens is 284 g/mol. The lowest BCUT2D eigenvalue weighted by atomic mass is 10.1. The van der Waals surface area contributed by atoms with Crippen LogP contribution < -0.4 is 4.90 Å². The molecule has 0 bridgehead atoms. The van der Waals surface area contributed by atoms with Crippen molar-refractivity contribution < 1.29 is 4.79 Å². The Morgan fingerprint density at radius 3 is 2.48 bits per heavy atom. The average Bonchev–Trinajstić information content (AvgIpc) is 2.54. The van der Waals surface area contributed by atoms with Gasteiger partial charge < -0.3 is 9.80 Å². The molecule has 1 aliphatic heterocycles. The Morgan fingerprint density at radius 2 is 1.86 bits per heavy atom. The molecule has 0 spiro atoms. The number of hydrogen-bond donors (Lipinski definition) is 0. The summed E-state index contributed by atoms with van der Waals surface area (Å²) in [5.41, 5.74) is 2.48. The second-order valence-corrected chi connectivity index (χ2v) is 6.13. The molecule has 0 saturated carbocycles. The minimum atomic E-state index is 0.163. The first kappa shape index (κ1) is 16.2. The number of anilines is 1. The molecule has 0 unspecified atom stereocenters. The minimum absolute atomic E-state index is 0.163. The van der Waals surface area contributed by atoms with Gasteiger partial charge in [-0.2, -0.15) is 0 Å². The number of benzene rings is 1. The second kappa shape index (κ2) is 8.28. The van der Waals surface area contributed by atoms with Crippen molar-refractivity contribution in [1.82, 2.24) is 4.90 Å². The van der Waals surface area contributed by atoms with Crippen molar-refractivity contribution in [2.45, 2.75) is 38.6 Å². The Morgan fingerprint density at radius 1 is 1.19 bits per heavy atom. The van der Waals surface area contributed by atoms with Crippen LogP contribution in [0.4, 0.5) is 5.69 Å². The molecule has 1 saturated heterocycles. The number of rotatable bonds is 6. The van der Waals surface area contributed by atoms with Gasteiger partial charge in [-0.05, 0) is 43.4 Å². The predicted octanol–water partition coefficient (Wildman–Crippen LogP) is 3.65. The van der Waals surface area contributed by atoms with Crippen molar-refractivity contribution in [1.29, 1.82) is 0 Å². The Balaban J connectivity index is 1.88. The molecule has 3 nitrogen and oxygen atoms in total. The summed E-state index contributed by atoms with van der Waals surface area (Å²) in [7, 11) is 1.86. The molecule has 0 aromatic heterocycles. The highest BCUT2D eigenvalue weighted by molar-refractivity contribution is 6.17. The zero-order valence-corrected chi connectivity index (χ0v) is 13.6. The lowest BCUT2D eigenvalue weighted by Gasteiger charge is -2.29. The molecule has 1 fully saturated rings. The summed E-state index contributed by atoms with van der Waals surface area (Å²) < 4.78 is 0. The van der Waals surface area contributed by atoms with Gasteiger partial charge in [0.1, 0.15) is 0 Å². The Labute approximate surface area is 132 Å². The fourth-order valence-corrected chi connectivity index (χ4v) is 2.87. The minimum Gasteiger partial charge on any atom is -0.372 e. The maximum absolute atomic E-state index is 11.9. The van der Waals surface area contributed by atoms with Gasteiger partial charge in [-0.3, -0.25) is 4.79 Å². The van der Waals surface area contributed by atoms with Crippen molar-refractivity contribution in [2.75, 3.05) is 30.9 Å². The van der Waals surface area contributed by atoms with E-state index in [1.165, 1.54) is 30.5 Å². The van der Waals surface area contributed by atoms with Crippen molar-refractivity contribution in [3.05, 3.63) is 29.8 Å². The van der Waals surface area contributed by atoms with Crippen molar-refractivity contribution in [3.63, 3.8) is 0 Å². The van der Waals surface area contributed by atoms with Crippen LogP contribution in [-0.4, -0.2) is 36.8 Å². The van der Waals surface area contributed by atoms with Crippen LogP contribution in [0.5, 0.6) is 0 Å². The SMILES string of the molecule is CN(Cc1ccc(N2CCCCC2)cc1)C(=O)CCCCl. The molecule has 1 heterocycles. The number of amides is 1. The normalized spacial score (nSPS) is 15.0. The van der Waals surface area contributed by atoms with Crippen LogP contribution in [-0.2, 0) is 11.3 Å². The molecule has 2 rings (SSSR count). The van der Waals surface area contributed by atoms with Crippen LogP contribution >= 0.6 is 11.6 Å². The first-order valence-electron chi connectivity index (χ1n) is 7.84. The molecular formula is C17H25ClN2O. The van der Waals surface area contributed by atoms with Crippen molar-refractivity contribution >= 4 is 23.2 Å². The molecule has 0 aliphatic carbocycles. The van der Waals surface area contributed by atoms with Gasteiger partial charge in [0.05, 0.1) is 0 Å². The van der Waals surface area contributed by atoms with Gasteiger partial charge in [0, 0.05) is 44.7 Å². The standard InChI is InChI=1S/C17H25ClN2O/c1-19(17(21)6-5-11-18)14-15-7-9-16(10-8-15)20-12-3-2-4-13-20/h7-10H,2-6,11-14H2,1H3. The van der Waals surface area contributed by atoms with E-state index in [1.807, 2.05) is 7.05 Å². The molecule has 1 amide bonds. The molecule has 4 heteroatoms. The van der Waals surface area contributed by atoms with Crippen LogP contribution in [0.15, 0.2) is 24.3 Å². The first-order valence-corrected chi connectivity index (χ1v) is 8.38. The van der Waals surface area contributed by atoms with Crippen LogP contribution in [0.25, 0.3) is 0 Å². The third-order valence-corrected chi connectivity index (χ3v) is 4.29. The number of carbonyl (C=O) groups is 1. The van der Waals surface area contributed by atoms with E-state index in [4.69, 9.17) is 11.6 Å². The molecule has 0 N–H and O–H groups in total. The highest BCUT2D eigenvalue weighted by Gasteiger charge is 2.12. The molecule has 0 radical (unpaired) electrons. The van der Waals surface area contributed by atoms with Crippen molar-refractivity contribution in [2.24, 2.45) is 0 Å². The second-order valence-electron chi connectivity index (χ2n) is 5.76. The third kappa shape index (κ3) is 4.92. The van der Waals surface area contributed by atoms with Crippen LogP contribution in [0.2, 0.25) is 0 Å². The monoisotopic (exact) mass is 308 g/mol. The molecule has 1 aromatic rings. The molecule has 116 valence electrons. The van der Waals surface area contributed by atoms with Gasteiger partial charge in [0.15, 0.2) is 0 Å². The van der Waals surface area contributed by atoms with E-state index in [-0.39, 0.29) is 5.91 Å². The average molecular weight is 309 g/mol. The van der Waals surface area contributed by atoms with Gasteiger partial charge in [0.2, 0.25) is 5.91 Å². The maximum Gasteiger partial charge on any atom is 0.222 e. The number of carbonyl (C=O) groups excluding carboxylic acids is 1. The smallest absolute Gasteiger partial charge is 0.222 e. The third-order valence-electron chi connectivity index (χ3n) is 4.03. The quantitative estimate of drug-likeness (QED) is 0.749. The van der Waals surface area contributed by atoms with E-state index in [0.717, 1.165) is 19.5 Å². The predicted molar refractivity (Wildman–Crippen MR) is 88.9 cm³/mol. The van der Waals surface area contributed by atoms with E-state index in [1.54, 1.807) is 4.90 Å². The fraction of sp³-hybridized carbons (Fsp3) is 0.588. The van der Waals surface area contributed by atoms with Gasteiger partial charge >= 0.3 is 0 Å². The molecule has 21 heavy (non-hydrogen) atoms. The summed E-state index contributed by atoms with van der Waals surface area (Å²) in [4.78, 5) is 16.1. The Bertz CT molecular complexity index is 441. The van der Waals surface area contributed by atoms with Crippen LogP contribution in [0.1, 0.15) is 37.7 Å². The Kier molecular flexibility index (Phi) is 6.37. The highest BCUT2D eigenvalue weighted by atomic mass is 35.5. The van der Waals surface area contributed by atoms with Gasteiger partial charge in [-0.25, -0.2) is 0 Å². The highest BCUT2D eigenvalue weighted by Crippen LogP contribution is 2.20. The zero-order valence-electron chi connectivity index (χ0n) is 12.9. The van der Waals surface area contributed by atoms with Gasteiger partial charge in [-0.1, -0.05) is 12.1 Å². The lowest BCUT2D eigenvalue weighted by Crippen LogP contribution is -2.29. The summed E-state index contributed by atoms with van der Waals surface area (Å²) in [6.45, 7) is 2.99. The van der Waals surface area contributed by atoms with Crippen molar-refractivity contribution in [3.8, 4) is 0 Å².